The molecule has 6 nitrogen and oxygen atoms in total. The molecule has 0 unspecified atom stereocenters. The molecular formula is C22H22FN3O3. The highest BCUT2D eigenvalue weighted by molar-refractivity contribution is 6.04. The number of aromatic nitrogens is 2. The van der Waals surface area contributed by atoms with Crippen molar-refractivity contribution in [2.24, 2.45) is 0 Å². The number of halogens is 1. The molecule has 2 N–H and O–H groups in total. The molecule has 0 spiro atoms. The molecule has 0 aliphatic carbocycles. The summed E-state index contributed by atoms with van der Waals surface area (Å²) in [5.41, 5.74) is 4.89. The van der Waals surface area contributed by atoms with Crippen molar-refractivity contribution in [3.05, 3.63) is 82.2 Å². The average Bonchev–Trinajstić information content (AvgIpc) is 2.96. The number of nitrogens with one attached hydrogen (secondary N) is 1. The number of hydrogen-bond acceptors (Lipinski definition) is 3. The molecule has 2 aromatic carbocycles. The number of benzene rings is 2. The second kappa shape index (κ2) is 8.68. The Morgan fingerprint density at radius 2 is 1.66 bits per heavy atom. The minimum atomic E-state index is -0.879. The second-order valence-electron chi connectivity index (χ2n) is 6.86. The molecule has 3 rings (SSSR count). The van der Waals surface area contributed by atoms with Gasteiger partial charge in [-0.3, -0.25) is 14.3 Å². The Kier molecular flexibility index (Phi) is 6.07. The quantitative estimate of drug-likeness (QED) is 0.636. The van der Waals surface area contributed by atoms with Crippen LogP contribution in [-0.4, -0.2) is 26.8 Å². The molecule has 3 aromatic rings. The van der Waals surface area contributed by atoms with E-state index >= 15 is 0 Å². The van der Waals surface area contributed by atoms with Crippen LogP contribution < -0.4 is 5.32 Å². The molecule has 0 saturated heterocycles. The lowest BCUT2D eigenvalue weighted by atomic mass is 10.1. The van der Waals surface area contributed by atoms with Gasteiger partial charge in [0.2, 0.25) is 0 Å². The summed E-state index contributed by atoms with van der Waals surface area (Å²) in [5.74, 6) is -1.14. The van der Waals surface area contributed by atoms with Crippen molar-refractivity contribution in [2.45, 2.75) is 33.5 Å². The van der Waals surface area contributed by atoms with Gasteiger partial charge in [-0.2, -0.15) is 5.10 Å². The Labute approximate surface area is 168 Å². The van der Waals surface area contributed by atoms with Crippen LogP contribution in [0.25, 0.3) is 0 Å². The van der Waals surface area contributed by atoms with E-state index < -0.39 is 12.6 Å². The number of anilines is 1. The number of carbonyl (C=O) groups is 2. The van der Waals surface area contributed by atoms with Gasteiger partial charge in [-0.1, -0.05) is 24.3 Å². The third kappa shape index (κ3) is 4.87. The number of carboxylic acids is 1. The summed E-state index contributed by atoms with van der Waals surface area (Å²) in [6, 6.07) is 13.7. The molecule has 0 fully saturated rings. The Hall–Kier alpha value is -3.48. The van der Waals surface area contributed by atoms with Crippen molar-refractivity contribution in [3.63, 3.8) is 0 Å². The van der Waals surface area contributed by atoms with Crippen molar-refractivity contribution in [3.8, 4) is 0 Å². The molecule has 7 heteroatoms. The molecule has 0 bridgehead atoms. The predicted molar refractivity (Wildman–Crippen MR) is 108 cm³/mol. The Morgan fingerprint density at radius 3 is 2.24 bits per heavy atom. The van der Waals surface area contributed by atoms with Gasteiger partial charge in [-0.05, 0) is 49.2 Å². The third-order valence-electron chi connectivity index (χ3n) is 4.77. The highest BCUT2D eigenvalue weighted by Gasteiger charge is 2.14. The standard InChI is InChI=1S/C22H22FN3O3/c1-14-20(11-21(27)28)15(2)26(25-14)13-17-5-9-19(10-6-17)24-22(29)18-7-3-16(12-23)4-8-18/h3-10H,11-13H2,1-2H3,(H,24,29)(H,27,28). The summed E-state index contributed by atoms with van der Waals surface area (Å²) in [7, 11) is 0. The van der Waals surface area contributed by atoms with E-state index in [2.05, 4.69) is 10.4 Å². The van der Waals surface area contributed by atoms with Crippen LogP contribution in [0.2, 0.25) is 0 Å². The highest BCUT2D eigenvalue weighted by Crippen LogP contribution is 2.17. The molecule has 1 aromatic heterocycles. The van der Waals surface area contributed by atoms with Gasteiger partial charge in [-0.25, -0.2) is 4.39 Å². The van der Waals surface area contributed by atoms with Crippen molar-refractivity contribution < 1.29 is 19.1 Å². The molecule has 0 aliphatic heterocycles. The normalized spacial score (nSPS) is 10.7. The molecule has 29 heavy (non-hydrogen) atoms. The van der Waals surface area contributed by atoms with Crippen molar-refractivity contribution >= 4 is 17.6 Å². The summed E-state index contributed by atoms with van der Waals surface area (Å²) in [6.07, 6.45) is -0.0467. The smallest absolute Gasteiger partial charge is 0.307 e. The minimum absolute atomic E-state index is 0.0467. The van der Waals surface area contributed by atoms with Crippen molar-refractivity contribution in [1.82, 2.24) is 9.78 Å². The van der Waals surface area contributed by atoms with Gasteiger partial charge < -0.3 is 10.4 Å². The van der Waals surface area contributed by atoms with Gasteiger partial charge >= 0.3 is 5.97 Å². The van der Waals surface area contributed by atoms with Crippen molar-refractivity contribution in [2.75, 3.05) is 5.32 Å². The first-order chi connectivity index (χ1) is 13.9. The zero-order chi connectivity index (χ0) is 21.0. The van der Waals surface area contributed by atoms with Crippen LogP contribution in [-0.2, 0) is 24.4 Å². The van der Waals surface area contributed by atoms with Gasteiger partial charge in [0, 0.05) is 22.5 Å². The molecule has 0 radical (unpaired) electrons. The molecule has 1 heterocycles. The van der Waals surface area contributed by atoms with Crippen LogP contribution in [0.3, 0.4) is 0 Å². The number of amides is 1. The van der Waals surface area contributed by atoms with Gasteiger partial charge in [0.05, 0.1) is 18.7 Å². The van der Waals surface area contributed by atoms with Crippen LogP contribution >= 0.6 is 0 Å². The zero-order valence-electron chi connectivity index (χ0n) is 16.3. The molecule has 150 valence electrons. The second-order valence-corrected chi connectivity index (χ2v) is 6.86. The van der Waals surface area contributed by atoms with Crippen LogP contribution in [0.5, 0.6) is 0 Å². The van der Waals surface area contributed by atoms with Crippen LogP contribution in [0.4, 0.5) is 10.1 Å². The van der Waals surface area contributed by atoms with E-state index in [4.69, 9.17) is 5.11 Å². The average molecular weight is 395 g/mol. The number of nitrogens with zero attached hydrogens (tertiary/aromatic N) is 2. The number of hydrogen-bond donors (Lipinski definition) is 2. The van der Waals surface area contributed by atoms with E-state index in [9.17, 15) is 14.0 Å². The first kappa shape index (κ1) is 20.3. The van der Waals surface area contributed by atoms with Crippen LogP contribution in [0, 0.1) is 13.8 Å². The lowest BCUT2D eigenvalue weighted by Gasteiger charge is -2.08. The molecule has 0 atom stereocenters. The summed E-state index contributed by atoms with van der Waals surface area (Å²) in [4.78, 5) is 23.3. The molecular weight excluding hydrogens is 373 g/mol. The fourth-order valence-electron chi connectivity index (χ4n) is 3.11. The molecule has 0 aliphatic rings. The van der Waals surface area contributed by atoms with Crippen LogP contribution in [0.1, 0.15) is 38.4 Å². The first-order valence-corrected chi connectivity index (χ1v) is 9.17. The number of carbonyl (C=O) groups excluding carboxylic acids is 1. The monoisotopic (exact) mass is 395 g/mol. The van der Waals surface area contributed by atoms with Gasteiger partial charge in [0.25, 0.3) is 5.91 Å². The molecule has 1 amide bonds. The van der Waals surface area contributed by atoms with E-state index in [1.54, 1.807) is 48.0 Å². The summed E-state index contributed by atoms with van der Waals surface area (Å²) in [5, 5.41) is 16.3. The molecule has 0 saturated carbocycles. The van der Waals surface area contributed by atoms with E-state index in [1.807, 2.05) is 19.1 Å². The lowest BCUT2D eigenvalue weighted by Crippen LogP contribution is -2.12. The van der Waals surface area contributed by atoms with Gasteiger partial charge in [-0.15, -0.1) is 0 Å². The topological polar surface area (TPSA) is 84.2 Å². The van der Waals surface area contributed by atoms with Gasteiger partial charge in [0.1, 0.15) is 6.67 Å². The number of rotatable bonds is 7. The summed E-state index contributed by atoms with van der Waals surface area (Å²) < 4.78 is 14.4. The summed E-state index contributed by atoms with van der Waals surface area (Å²) >= 11 is 0. The number of carboxylic acid groups (broad SMARTS) is 1. The summed E-state index contributed by atoms with van der Waals surface area (Å²) in [6.45, 7) is 3.61. The van der Waals surface area contributed by atoms with E-state index in [0.29, 0.717) is 29.1 Å². The SMILES string of the molecule is Cc1nn(Cc2ccc(NC(=O)c3ccc(CF)cc3)cc2)c(C)c1CC(=O)O. The fraction of sp³-hybridized carbons (Fsp3) is 0.227. The zero-order valence-corrected chi connectivity index (χ0v) is 16.3. The van der Waals surface area contributed by atoms with E-state index in [0.717, 1.165) is 16.8 Å². The number of alkyl halides is 1. The number of aryl methyl sites for hydroxylation is 1. The lowest BCUT2D eigenvalue weighted by molar-refractivity contribution is -0.136. The van der Waals surface area contributed by atoms with Crippen molar-refractivity contribution in [1.29, 1.82) is 0 Å². The minimum Gasteiger partial charge on any atom is -0.481 e. The largest absolute Gasteiger partial charge is 0.481 e. The Bertz CT molecular complexity index is 1020. The van der Waals surface area contributed by atoms with E-state index in [-0.39, 0.29) is 12.3 Å². The maximum atomic E-state index is 12.6. The first-order valence-electron chi connectivity index (χ1n) is 9.17. The predicted octanol–water partition coefficient (Wildman–Crippen LogP) is 3.90. The maximum Gasteiger partial charge on any atom is 0.307 e. The maximum absolute atomic E-state index is 12.6. The van der Waals surface area contributed by atoms with Gasteiger partial charge in [0.15, 0.2) is 0 Å². The fourth-order valence-corrected chi connectivity index (χ4v) is 3.11. The third-order valence-corrected chi connectivity index (χ3v) is 4.77. The van der Waals surface area contributed by atoms with E-state index in [1.165, 1.54) is 0 Å². The highest BCUT2D eigenvalue weighted by atomic mass is 19.1. The Morgan fingerprint density at radius 1 is 1.03 bits per heavy atom. The number of aliphatic carboxylic acids is 1. The van der Waals surface area contributed by atoms with Crippen LogP contribution in [0.15, 0.2) is 48.5 Å². The Balaban J connectivity index is 1.67.